The molecule has 1 saturated carbocycles. The van der Waals surface area contributed by atoms with Crippen molar-refractivity contribution in [2.75, 3.05) is 6.54 Å². The van der Waals surface area contributed by atoms with Gasteiger partial charge in [-0.3, -0.25) is 9.59 Å². The number of rotatable bonds is 10. The Hall–Kier alpha value is -2.21. The Kier molecular flexibility index (Phi) is 7.29. The van der Waals surface area contributed by atoms with Crippen LogP contribution in [0.4, 0.5) is 0 Å². The Morgan fingerprint density at radius 2 is 1.87 bits per heavy atom. The van der Waals surface area contributed by atoms with Crippen molar-refractivity contribution < 1.29 is 9.59 Å². The van der Waals surface area contributed by atoms with Crippen molar-refractivity contribution in [3.63, 3.8) is 0 Å². The molecule has 0 spiro atoms. The minimum atomic E-state index is 0.0737. The number of carbonyl (C=O) groups excluding carboxylic acids is 2. The predicted molar refractivity (Wildman–Crippen MR) is 118 cm³/mol. The lowest BCUT2D eigenvalue weighted by Crippen LogP contribution is -2.37. The highest BCUT2D eigenvalue weighted by atomic mass is 35.5. The Morgan fingerprint density at radius 1 is 1.20 bits per heavy atom. The lowest BCUT2D eigenvalue weighted by molar-refractivity contribution is -0.130. The molecule has 162 valence electrons. The molecule has 2 aromatic rings. The van der Waals surface area contributed by atoms with Crippen LogP contribution in [0.3, 0.4) is 0 Å². The summed E-state index contributed by atoms with van der Waals surface area (Å²) < 4.78 is 2.20. The number of Topliss-reactive ketones (excluding diaryl/α,β-unsaturated/α-hetero) is 1. The number of carbonyl (C=O) groups is 2. The average Bonchev–Trinajstić information content (AvgIpc) is 3.44. The summed E-state index contributed by atoms with van der Waals surface area (Å²) in [5.41, 5.74) is 1.95. The van der Waals surface area contributed by atoms with Crippen molar-refractivity contribution >= 4 is 23.3 Å². The number of halogens is 1. The van der Waals surface area contributed by atoms with E-state index in [1.165, 1.54) is 0 Å². The van der Waals surface area contributed by atoms with Crippen molar-refractivity contribution in [3.05, 3.63) is 46.0 Å². The van der Waals surface area contributed by atoms with E-state index in [4.69, 9.17) is 11.6 Å². The van der Waals surface area contributed by atoms with Crippen LogP contribution >= 0.6 is 11.6 Å². The largest absolute Gasteiger partial charge is 0.340 e. The molecule has 6 nitrogen and oxygen atoms in total. The standard InChI is InChI=1S/C23H31ClN4O2/c1-15(2)27(17(4)29)13-12-23-26-25-22(28(23)19-8-9-19)11-10-20(30)14-18-6-5-7-21(24)16(18)3/h5-7,15,19H,8-14H2,1-4H3. The van der Waals surface area contributed by atoms with Gasteiger partial charge in [-0.15, -0.1) is 10.2 Å². The van der Waals surface area contributed by atoms with E-state index in [-0.39, 0.29) is 17.7 Å². The molecule has 0 radical (unpaired) electrons. The molecule has 7 heteroatoms. The molecule has 1 fully saturated rings. The summed E-state index contributed by atoms with van der Waals surface area (Å²) in [4.78, 5) is 26.3. The Morgan fingerprint density at radius 3 is 2.47 bits per heavy atom. The minimum absolute atomic E-state index is 0.0737. The van der Waals surface area contributed by atoms with Crippen molar-refractivity contribution in [2.24, 2.45) is 0 Å². The van der Waals surface area contributed by atoms with Crippen LogP contribution in [0.5, 0.6) is 0 Å². The molecule has 0 unspecified atom stereocenters. The van der Waals surface area contributed by atoms with Crippen molar-refractivity contribution in [2.45, 2.75) is 78.3 Å². The molecule has 0 aliphatic heterocycles. The zero-order valence-corrected chi connectivity index (χ0v) is 19.1. The molecule has 0 bridgehead atoms. The fraction of sp³-hybridized carbons (Fsp3) is 0.565. The summed E-state index contributed by atoms with van der Waals surface area (Å²) in [6, 6.07) is 6.28. The van der Waals surface area contributed by atoms with Crippen molar-refractivity contribution in [1.29, 1.82) is 0 Å². The van der Waals surface area contributed by atoms with Crippen LogP contribution in [-0.4, -0.2) is 43.9 Å². The van der Waals surface area contributed by atoms with Gasteiger partial charge in [-0.05, 0) is 50.8 Å². The summed E-state index contributed by atoms with van der Waals surface area (Å²) >= 11 is 6.17. The van der Waals surface area contributed by atoms with Crippen LogP contribution in [0.2, 0.25) is 5.02 Å². The van der Waals surface area contributed by atoms with Gasteiger partial charge in [-0.2, -0.15) is 0 Å². The number of ketones is 1. The lowest BCUT2D eigenvalue weighted by Gasteiger charge is -2.25. The summed E-state index contributed by atoms with van der Waals surface area (Å²) in [6.07, 6.45) is 4.32. The first-order valence-electron chi connectivity index (χ1n) is 10.7. The molecule has 1 aromatic heterocycles. The second kappa shape index (κ2) is 9.73. The lowest BCUT2D eigenvalue weighted by atomic mass is 10.0. The molecule has 0 saturated heterocycles. The zero-order valence-electron chi connectivity index (χ0n) is 18.3. The number of aryl methyl sites for hydroxylation is 1. The summed E-state index contributed by atoms with van der Waals surface area (Å²) in [5, 5.41) is 9.49. The number of amides is 1. The predicted octanol–water partition coefficient (Wildman–Crippen LogP) is 4.12. The number of hydrogen-bond donors (Lipinski definition) is 0. The normalized spacial score (nSPS) is 13.7. The van der Waals surface area contributed by atoms with Gasteiger partial charge in [0.05, 0.1) is 0 Å². The molecule has 1 aromatic carbocycles. The SMILES string of the molecule is CC(=O)N(CCc1nnc(CCC(=O)Cc2cccc(Cl)c2C)n1C1CC1)C(C)C. The summed E-state index contributed by atoms with van der Waals surface area (Å²) in [6.45, 7) is 8.22. The van der Waals surface area contributed by atoms with Gasteiger partial charge in [0.1, 0.15) is 17.4 Å². The molecular formula is C23H31ClN4O2. The summed E-state index contributed by atoms with van der Waals surface area (Å²) in [5.74, 6) is 2.04. The van der Waals surface area contributed by atoms with Gasteiger partial charge in [0, 0.05) is 56.3 Å². The van der Waals surface area contributed by atoms with E-state index in [0.29, 0.717) is 43.3 Å². The van der Waals surface area contributed by atoms with E-state index in [9.17, 15) is 9.59 Å². The molecule has 1 amide bonds. The van der Waals surface area contributed by atoms with E-state index in [2.05, 4.69) is 14.8 Å². The van der Waals surface area contributed by atoms with E-state index in [1.807, 2.05) is 43.9 Å². The van der Waals surface area contributed by atoms with Crippen LogP contribution in [0.25, 0.3) is 0 Å². The summed E-state index contributed by atoms with van der Waals surface area (Å²) in [7, 11) is 0. The maximum absolute atomic E-state index is 12.6. The van der Waals surface area contributed by atoms with E-state index in [1.54, 1.807) is 6.92 Å². The van der Waals surface area contributed by atoms with Crippen LogP contribution < -0.4 is 0 Å². The van der Waals surface area contributed by atoms with Gasteiger partial charge < -0.3 is 9.47 Å². The van der Waals surface area contributed by atoms with Gasteiger partial charge in [0.15, 0.2) is 0 Å². The second-order valence-electron chi connectivity index (χ2n) is 8.43. The third kappa shape index (κ3) is 5.48. The first-order chi connectivity index (χ1) is 14.3. The van der Waals surface area contributed by atoms with Crippen LogP contribution in [0.1, 0.15) is 68.9 Å². The van der Waals surface area contributed by atoms with Crippen molar-refractivity contribution in [1.82, 2.24) is 19.7 Å². The first-order valence-corrected chi connectivity index (χ1v) is 11.1. The number of aromatic nitrogens is 3. The van der Waals surface area contributed by atoms with E-state index >= 15 is 0 Å². The molecule has 30 heavy (non-hydrogen) atoms. The van der Waals surface area contributed by atoms with Crippen LogP contribution in [0, 0.1) is 6.92 Å². The minimum Gasteiger partial charge on any atom is -0.340 e. The van der Waals surface area contributed by atoms with Crippen LogP contribution in [0.15, 0.2) is 18.2 Å². The molecule has 1 aliphatic rings. The Balaban J connectivity index is 1.63. The van der Waals surface area contributed by atoms with Gasteiger partial charge in [0.2, 0.25) is 5.91 Å². The maximum Gasteiger partial charge on any atom is 0.219 e. The van der Waals surface area contributed by atoms with Gasteiger partial charge in [-0.25, -0.2) is 0 Å². The number of benzene rings is 1. The van der Waals surface area contributed by atoms with Gasteiger partial charge in [-0.1, -0.05) is 23.7 Å². The molecule has 0 N–H and O–H groups in total. The molecule has 1 heterocycles. The fourth-order valence-corrected chi connectivity index (χ4v) is 4.05. The van der Waals surface area contributed by atoms with Gasteiger partial charge >= 0.3 is 0 Å². The smallest absolute Gasteiger partial charge is 0.219 e. The first kappa shape index (κ1) is 22.5. The highest BCUT2D eigenvalue weighted by Gasteiger charge is 2.29. The molecular weight excluding hydrogens is 400 g/mol. The quantitative estimate of drug-likeness (QED) is 0.568. The topological polar surface area (TPSA) is 68.1 Å². The second-order valence-corrected chi connectivity index (χ2v) is 8.84. The number of hydrogen-bond acceptors (Lipinski definition) is 4. The highest BCUT2D eigenvalue weighted by molar-refractivity contribution is 6.31. The molecule has 1 aliphatic carbocycles. The van der Waals surface area contributed by atoms with E-state index in [0.717, 1.165) is 35.6 Å². The maximum atomic E-state index is 12.6. The zero-order chi connectivity index (χ0) is 21.8. The Labute approximate surface area is 183 Å². The highest BCUT2D eigenvalue weighted by Crippen LogP contribution is 2.37. The van der Waals surface area contributed by atoms with Crippen molar-refractivity contribution in [3.8, 4) is 0 Å². The number of nitrogens with zero attached hydrogens (tertiary/aromatic N) is 4. The van der Waals surface area contributed by atoms with Gasteiger partial charge in [0.25, 0.3) is 0 Å². The monoisotopic (exact) mass is 430 g/mol. The average molecular weight is 431 g/mol. The Bertz CT molecular complexity index is 918. The fourth-order valence-electron chi connectivity index (χ4n) is 3.85. The molecule has 3 rings (SSSR count). The van der Waals surface area contributed by atoms with E-state index < -0.39 is 0 Å². The third-order valence-electron chi connectivity index (χ3n) is 5.75. The third-order valence-corrected chi connectivity index (χ3v) is 6.16. The molecule has 0 atom stereocenters. The van der Waals surface area contributed by atoms with Crippen LogP contribution in [-0.2, 0) is 28.9 Å².